The Labute approximate surface area is 71.8 Å². The molecule has 0 saturated heterocycles. The maximum atomic E-state index is 10.6. The van der Waals surface area contributed by atoms with E-state index in [-0.39, 0.29) is 13.0 Å². The van der Waals surface area contributed by atoms with Gasteiger partial charge in [0, 0.05) is 0 Å². The molecule has 0 aromatic rings. The summed E-state index contributed by atoms with van der Waals surface area (Å²) in [6.07, 6.45) is 0.605. The highest BCUT2D eigenvalue weighted by Crippen LogP contribution is 1.97. The summed E-state index contributed by atoms with van der Waals surface area (Å²) in [5, 5.41) is 17.2. The van der Waals surface area contributed by atoms with Crippen LogP contribution < -0.4 is 0 Å². The summed E-state index contributed by atoms with van der Waals surface area (Å²) in [4.78, 5) is 10.6. The predicted molar refractivity (Wildman–Crippen MR) is 42.1 cm³/mol. The summed E-state index contributed by atoms with van der Waals surface area (Å²) < 4.78 is 4.59. The van der Waals surface area contributed by atoms with Crippen LogP contribution in [0.1, 0.15) is 26.2 Å². The minimum Gasteiger partial charge on any atom is -0.462 e. The Morgan fingerprint density at radius 1 is 1.75 bits per heavy atom. The number of hydrogen-bond donors (Lipinski definition) is 1. The van der Waals surface area contributed by atoms with Crippen LogP contribution in [0.4, 0.5) is 0 Å². The van der Waals surface area contributed by atoms with Crippen LogP contribution in [0.15, 0.2) is 0 Å². The van der Waals surface area contributed by atoms with E-state index in [0.29, 0.717) is 6.42 Å². The number of carbonyl (C=O) groups excluding carboxylic acids is 1. The van der Waals surface area contributed by atoms with E-state index in [9.17, 15) is 4.79 Å². The van der Waals surface area contributed by atoms with E-state index in [1.165, 1.54) is 0 Å². The highest BCUT2D eigenvalue weighted by Gasteiger charge is 2.06. The Kier molecular flexibility index (Phi) is 6.02. The second kappa shape index (κ2) is 6.62. The Morgan fingerprint density at radius 2 is 2.42 bits per heavy atom. The van der Waals surface area contributed by atoms with Crippen LogP contribution in [0, 0.1) is 11.3 Å². The molecule has 4 nitrogen and oxygen atoms in total. The third-order valence-corrected chi connectivity index (χ3v) is 1.28. The lowest BCUT2D eigenvalue weighted by atomic mass is 10.2. The largest absolute Gasteiger partial charge is 0.462 e. The van der Waals surface area contributed by atoms with Gasteiger partial charge >= 0.3 is 5.97 Å². The smallest absolute Gasteiger partial charge is 0.320 e. The van der Waals surface area contributed by atoms with Crippen molar-refractivity contribution >= 4 is 5.97 Å². The molecule has 0 aliphatic heterocycles. The molecule has 0 fully saturated rings. The maximum absolute atomic E-state index is 10.6. The number of hydrogen-bond acceptors (Lipinski definition) is 4. The highest BCUT2D eigenvalue weighted by atomic mass is 16.5. The van der Waals surface area contributed by atoms with Crippen LogP contribution in [-0.2, 0) is 9.53 Å². The van der Waals surface area contributed by atoms with Gasteiger partial charge in [0.25, 0.3) is 0 Å². The van der Waals surface area contributed by atoms with E-state index >= 15 is 0 Å². The second-order valence-corrected chi connectivity index (χ2v) is 2.46. The number of rotatable bonds is 5. The first-order chi connectivity index (χ1) is 5.70. The zero-order chi connectivity index (χ0) is 9.40. The van der Waals surface area contributed by atoms with Gasteiger partial charge in [0.1, 0.15) is 13.0 Å². The van der Waals surface area contributed by atoms with Gasteiger partial charge in [-0.15, -0.1) is 0 Å². The molecule has 0 aliphatic carbocycles. The minimum absolute atomic E-state index is 0.00560. The molecule has 0 bridgehead atoms. The van der Waals surface area contributed by atoms with Gasteiger partial charge in [0.15, 0.2) is 0 Å². The zero-order valence-corrected chi connectivity index (χ0v) is 7.12. The lowest BCUT2D eigenvalue weighted by Gasteiger charge is -2.08. The SMILES string of the molecule is CCCC(O)COC(=O)CC#N. The maximum Gasteiger partial charge on any atom is 0.320 e. The van der Waals surface area contributed by atoms with Gasteiger partial charge in [0.05, 0.1) is 12.2 Å². The average molecular weight is 171 g/mol. The zero-order valence-electron chi connectivity index (χ0n) is 7.12. The monoisotopic (exact) mass is 171 g/mol. The van der Waals surface area contributed by atoms with Gasteiger partial charge in [-0.2, -0.15) is 5.26 Å². The molecule has 4 heteroatoms. The molecule has 68 valence electrons. The number of nitrogens with zero attached hydrogens (tertiary/aromatic N) is 1. The fourth-order valence-corrected chi connectivity index (χ4v) is 0.721. The molecule has 0 heterocycles. The standard InChI is InChI=1S/C8H13NO3/c1-2-3-7(10)6-12-8(11)4-5-9/h7,10H,2-4,6H2,1H3. The molecular formula is C8H13NO3. The summed E-state index contributed by atoms with van der Waals surface area (Å²) in [6, 6.07) is 1.67. The lowest BCUT2D eigenvalue weighted by molar-refractivity contribution is -0.145. The molecule has 0 radical (unpaired) electrons. The van der Waals surface area contributed by atoms with Crippen molar-refractivity contribution in [3.63, 3.8) is 0 Å². The molecule has 1 N–H and O–H groups in total. The van der Waals surface area contributed by atoms with Crippen molar-refractivity contribution in [2.24, 2.45) is 0 Å². The van der Waals surface area contributed by atoms with E-state index in [0.717, 1.165) is 6.42 Å². The normalized spacial score (nSPS) is 11.8. The second-order valence-electron chi connectivity index (χ2n) is 2.46. The highest BCUT2D eigenvalue weighted by molar-refractivity contribution is 5.71. The molecule has 12 heavy (non-hydrogen) atoms. The number of carbonyl (C=O) groups is 1. The molecule has 0 amide bonds. The lowest BCUT2D eigenvalue weighted by Crippen LogP contribution is -2.17. The Hall–Kier alpha value is -1.08. The van der Waals surface area contributed by atoms with Crippen LogP contribution in [0.2, 0.25) is 0 Å². The number of ether oxygens (including phenoxy) is 1. The molecule has 0 aromatic heterocycles. The van der Waals surface area contributed by atoms with Crippen molar-refractivity contribution in [1.82, 2.24) is 0 Å². The van der Waals surface area contributed by atoms with Crippen LogP contribution >= 0.6 is 0 Å². The first kappa shape index (κ1) is 10.9. The number of esters is 1. The van der Waals surface area contributed by atoms with Gasteiger partial charge in [0.2, 0.25) is 0 Å². The van der Waals surface area contributed by atoms with Crippen LogP contribution in [0.25, 0.3) is 0 Å². The van der Waals surface area contributed by atoms with Crippen LogP contribution in [0.5, 0.6) is 0 Å². The van der Waals surface area contributed by atoms with Gasteiger partial charge in [-0.3, -0.25) is 4.79 Å². The van der Waals surface area contributed by atoms with Crippen LogP contribution in [0.3, 0.4) is 0 Å². The van der Waals surface area contributed by atoms with Crippen molar-refractivity contribution in [2.45, 2.75) is 32.3 Å². The Bertz CT molecular complexity index is 174. The Morgan fingerprint density at radius 3 is 2.92 bits per heavy atom. The predicted octanol–water partition coefficient (Wildman–Crippen LogP) is 0.604. The van der Waals surface area contributed by atoms with Gasteiger partial charge in [-0.1, -0.05) is 13.3 Å². The number of aliphatic hydroxyl groups is 1. The molecule has 0 rings (SSSR count). The third-order valence-electron chi connectivity index (χ3n) is 1.28. The van der Waals surface area contributed by atoms with Crippen LogP contribution in [-0.4, -0.2) is 23.8 Å². The molecule has 0 spiro atoms. The van der Waals surface area contributed by atoms with E-state index in [2.05, 4.69) is 4.74 Å². The van der Waals surface area contributed by atoms with Crippen molar-refractivity contribution in [2.75, 3.05) is 6.61 Å². The summed E-state index contributed by atoms with van der Waals surface area (Å²) >= 11 is 0. The van der Waals surface area contributed by atoms with E-state index in [1.54, 1.807) is 6.07 Å². The quantitative estimate of drug-likeness (QED) is 0.615. The van der Waals surface area contributed by atoms with Gasteiger partial charge < -0.3 is 9.84 Å². The number of nitriles is 1. The fraction of sp³-hybridized carbons (Fsp3) is 0.750. The summed E-state index contributed by atoms with van der Waals surface area (Å²) in [6.45, 7) is 1.93. The summed E-state index contributed by atoms with van der Waals surface area (Å²) in [7, 11) is 0. The molecular weight excluding hydrogens is 158 g/mol. The Balaban J connectivity index is 3.41. The van der Waals surface area contributed by atoms with Crippen molar-refractivity contribution in [3.8, 4) is 6.07 Å². The topological polar surface area (TPSA) is 70.3 Å². The van der Waals surface area contributed by atoms with E-state index in [1.807, 2.05) is 6.92 Å². The van der Waals surface area contributed by atoms with Crippen molar-refractivity contribution < 1.29 is 14.6 Å². The fourth-order valence-electron chi connectivity index (χ4n) is 0.721. The molecule has 1 atom stereocenters. The summed E-state index contributed by atoms with van der Waals surface area (Å²) in [5.41, 5.74) is 0. The van der Waals surface area contributed by atoms with Crippen molar-refractivity contribution in [1.29, 1.82) is 5.26 Å². The summed E-state index contributed by atoms with van der Waals surface area (Å²) in [5.74, 6) is -0.576. The third kappa shape index (κ3) is 5.69. The first-order valence-electron chi connectivity index (χ1n) is 3.91. The van der Waals surface area contributed by atoms with Gasteiger partial charge in [-0.25, -0.2) is 0 Å². The average Bonchev–Trinajstić information content (AvgIpc) is 2.02. The molecule has 0 aromatic carbocycles. The minimum atomic E-state index is -0.599. The molecule has 0 aliphatic rings. The van der Waals surface area contributed by atoms with E-state index < -0.39 is 12.1 Å². The molecule has 1 unspecified atom stereocenters. The van der Waals surface area contributed by atoms with Crippen molar-refractivity contribution in [3.05, 3.63) is 0 Å². The number of aliphatic hydroxyl groups excluding tert-OH is 1. The first-order valence-corrected chi connectivity index (χ1v) is 3.91. The molecule has 0 saturated carbocycles. The van der Waals surface area contributed by atoms with Gasteiger partial charge in [-0.05, 0) is 6.42 Å². The van der Waals surface area contributed by atoms with E-state index in [4.69, 9.17) is 10.4 Å².